The Kier molecular flexibility index (Phi) is 4.36. The van der Waals surface area contributed by atoms with Crippen LogP contribution in [0.2, 0.25) is 0 Å². The molecule has 7 heteroatoms. The van der Waals surface area contributed by atoms with Crippen LogP contribution >= 0.6 is 0 Å². The summed E-state index contributed by atoms with van der Waals surface area (Å²) >= 11 is 0. The molecule has 0 bridgehead atoms. The molecule has 0 unspecified atom stereocenters. The largest absolute Gasteiger partial charge is 0.373 e. The number of aryl methyl sites for hydroxylation is 1. The molecule has 2 heterocycles. The average Bonchev–Trinajstić information content (AvgIpc) is 2.50. The Labute approximate surface area is 114 Å². The Bertz CT molecular complexity index is 545. The lowest BCUT2D eigenvalue weighted by Gasteiger charge is -2.18. The molecule has 0 aliphatic carbocycles. The van der Waals surface area contributed by atoms with Crippen LogP contribution in [0.25, 0.3) is 0 Å². The third kappa shape index (κ3) is 4.14. The van der Waals surface area contributed by atoms with Gasteiger partial charge < -0.3 is 5.32 Å². The van der Waals surface area contributed by atoms with Crippen molar-refractivity contribution in [2.45, 2.75) is 19.9 Å². The number of hydrogen-bond acceptors (Lipinski definition) is 6. The molecule has 6 nitrogen and oxygen atoms in total. The summed E-state index contributed by atoms with van der Waals surface area (Å²) in [7, 11) is -1.04. The van der Waals surface area contributed by atoms with E-state index in [1.54, 1.807) is 0 Å². The maximum atomic E-state index is 11.6. The van der Waals surface area contributed by atoms with E-state index in [-0.39, 0.29) is 5.75 Å². The number of hydrogen-bond donors (Lipinski definition) is 1. The van der Waals surface area contributed by atoms with E-state index < -0.39 is 9.84 Å². The Morgan fingerprint density at radius 2 is 2.11 bits per heavy atom. The highest BCUT2D eigenvalue weighted by molar-refractivity contribution is 7.91. The number of anilines is 1. The summed E-state index contributed by atoms with van der Waals surface area (Å²) < 4.78 is 23.1. The zero-order chi connectivity index (χ0) is 13.9. The minimum atomic E-state index is -2.86. The molecular formula is C12H20N4O2S. The second kappa shape index (κ2) is 5.83. The van der Waals surface area contributed by atoms with Crippen LogP contribution in [0.3, 0.4) is 0 Å². The predicted molar refractivity (Wildman–Crippen MR) is 74.9 cm³/mol. The summed E-state index contributed by atoms with van der Waals surface area (Å²) in [6, 6.07) is 1.89. The monoisotopic (exact) mass is 284 g/mol. The molecule has 1 aromatic heterocycles. The minimum Gasteiger partial charge on any atom is -0.373 e. The van der Waals surface area contributed by atoms with E-state index in [0.717, 1.165) is 23.9 Å². The fourth-order valence-corrected chi connectivity index (χ4v) is 3.49. The zero-order valence-electron chi connectivity index (χ0n) is 11.4. The third-order valence-electron chi connectivity index (χ3n) is 3.17. The Hall–Kier alpha value is -1.21. The van der Waals surface area contributed by atoms with Gasteiger partial charge in [-0.25, -0.2) is 18.4 Å². The van der Waals surface area contributed by atoms with Crippen LogP contribution in [0.4, 0.5) is 5.82 Å². The highest BCUT2D eigenvalue weighted by Gasteiger charge is 2.19. The van der Waals surface area contributed by atoms with E-state index >= 15 is 0 Å². The first-order valence-corrected chi connectivity index (χ1v) is 8.26. The first-order chi connectivity index (χ1) is 8.98. The molecule has 0 aromatic carbocycles. The van der Waals surface area contributed by atoms with E-state index in [1.165, 1.54) is 0 Å². The van der Waals surface area contributed by atoms with Crippen molar-refractivity contribution in [2.75, 3.05) is 37.0 Å². The second-order valence-electron chi connectivity index (χ2n) is 4.84. The fourth-order valence-electron chi connectivity index (χ4n) is 2.18. The molecule has 0 saturated carbocycles. The number of aromatic nitrogens is 2. The number of nitrogens with zero attached hydrogens (tertiary/aromatic N) is 3. The molecule has 1 aromatic rings. The second-order valence-corrected chi connectivity index (χ2v) is 7.15. The van der Waals surface area contributed by atoms with Gasteiger partial charge in [-0.05, 0) is 19.9 Å². The van der Waals surface area contributed by atoms with Gasteiger partial charge in [0.15, 0.2) is 9.84 Å². The molecule has 106 valence electrons. The van der Waals surface area contributed by atoms with Gasteiger partial charge in [-0.3, -0.25) is 4.90 Å². The van der Waals surface area contributed by atoms with Gasteiger partial charge in [-0.2, -0.15) is 0 Å². The van der Waals surface area contributed by atoms with Crippen LogP contribution in [-0.4, -0.2) is 54.9 Å². The molecule has 1 aliphatic rings. The zero-order valence-corrected chi connectivity index (χ0v) is 12.2. The molecule has 0 amide bonds. The molecule has 1 saturated heterocycles. The maximum absolute atomic E-state index is 11.6. The van der Waals surface area contributed by atoms with Crippen molar-refractivity contribution in [3.8, 4) is 0 Å². The number of rotatable bonds is 3. The molecule has 1 aliphatic heterocycles. The summed E-state index contributed by atoms with van der Waals surface area (Å²) in [5.74, 6) is 2.06. The van der Waals surface area contributed by atoms with E-state index in [1.807, 2.05) is 20.0 Å². The normalized spacial score (nSPS) is 19.9. The summed E-state index contributed by atoms with van der Waals surface area (Å²) in [6.45, 7) is 3.88. The SMILES string of the molecule is CNc1cc(C)nc(CN2CCCS(=O)(=O)CC2)n1. The van der Waals surface area contributed by atoms with E-state index in [9.17, 15) is 8.42 Å². The molecule has 2 rings (SSSR count). The number of sulfone groups is 1. The topological polar surface area (TPSA) is 75.2 Å². The van der Waals surface area contributed by atoms with Crippen molar-refractivity contribution < 1.29 is 8.42 Å². The maximum Gasteiger partial charge on any atom is 0.151 e. The van der Waals surface area contributed by atoms with Gasteiger partial charge in [-0.15, -0.1) is 0 Å². The molecular weight excluding hydrogens is 264 g/mol. The molecule has 1 N–H and O–H groups in total. The van der Waals surface area contributed by atoms with Crippen molar-refractivity contribution >= 4 is 15.7 Å². The summed E-state index contributed by atoms with van der Waals surface area (Å²) in [6.07, 6.45) is 0.688. The van der Waals surface area contributed by atoms with Gasteiger partial charge in [0, 0.05) is 25.4 Å². The van der Waals surface area contributed by atoms with Crippen LogP contribution in [0.15, 0.2) is 6.07 Å². The lowest BCUT2D eigenvalue weighted by Crippen LogP contribution is -2.27. The van der Waals surface area contributed by atoms with Gasteiger partial charge in [0.05, 0.1) is 18.1 Å². The average molecular weight is 284 g/mol. The lowest BCUT2D eigenvalue weighted by atomic mass is 10.3. The Balaban J connectivity index is 2.06. The van der Waals surface area contributed by atoms with Crippen molar-refractivity contribution in [3.63, 3.8) is 0 Å². The van der Waals surface area contributed by atoms with Crippen molar-refractivity contribution in [3.05, 3.63) is 17.6 Å². The van der Waals surface area contributed by atoms with Crippen LogP contribution < -0.4 is 5.32 Å². The van der Waals surface area contributed by atoms with Crippen molar-refractivity contribution in [1.29, 1.82) is 0 Å². The first kappa shape index (κ1) is 14.2. The molecule has 0 radical (unpaired) electrons. The predicted octanol–water partition coefficient (Wildman–Crippen LogP) is 0.447. The minimum absolute atomic E-state index is 0.234. The van der Waals surface area contributed by atoms with Gasteiger partial charge in [0.2, 0.25) is 0 Å². The highest BCUT2D eigenvalue weighted by Crippen LogP contribution is 2.10. The van der Waals surface area contributed by atoms with Crippen molar-refractivity contribution in [2.24, 2.45) is 0 Å². The third-order valence-corrected chi connectivity index (χ3v) is 4.89. The molecule has 1 fully saturated rings. The van der Waals surface area contributed by atoms with Crippen molar-refractivity contribution in [1.82, 2.24) is 14.9 Å². The van der Waals surface area contributed by atoms with Gasteiger partial charge >= 0.3 is 0 Å². The first-order valence-electron chi connectivity index (χ1n) is 6.43. The molecule has 0 atom stereocenters. The summed E-state index contributed by atoms with van der Waals surface area (Å²) in [4.78, 5) is 10.9. The molecule has 19 heavy (non-hydrogen) atoms. The van der Waals surface area contributed by atoms with Gasteiger partial charge in [-0.1, -0.05) is 0 Å². The smallest absolute Gasteiger partial charge is 0.151 e. The van der Waals surface area contributed by atoms with Crippen LogP contribution in [-0.2, 0) is 16.4 Å². The van der Waals surface area contributed by atoms with E-state index in [0.29, 0.717) is 25.3 Å². The Morgan fingerprint density at radius 1 is 1.32 bits per heavy atom. The van der Waals surface area contributed by atoms with Crippen LogP contribution in [0, 0.1) is 6.92 Å². The van der Waals surface area contributed by atoms with Gasteiger partial charge in [0.25, 0.3) is 0 Å². The van der Waals surface area contributed by atoms with Crippen LogP contribution in [0.1, 0.15) is 17.9 Å². The van der Waals surface area contributed by atoms with E-state index in [2.05, 4.69) is 20.2 Å². The summed E-state index contributed by atoms with van der Waals surface area (Å²) in [5, 5.41) is 3.01. The fraction of sp³-hybridized carbons (Fsp3) is 0.667. The number of nitrogens with one attached hydrogen (secondary N) is 1. The van der Waals surface area contributed by atoms with Crippen LogP contribution in [0.5, 0.6) is 0 Å². The quantitative estimate of drug-likeness (QED) is 0.868. The Morgan fingerprint density at radius 3 is 2.84 bits per heavy atom. The standard InChI is InChI=1S/C12H20N4O2S/c1-10-8-11(13-2)15-12(14-10)9-16-4-3-6-19(17,18)7-5-16/h8H,3-7,9H2,1-2H3,(H,13,14,15). The highest BCUT2D eigenvalue weighted by atomic mass is 32.2. The van der Waals surface area contributed by atoms with E-state index in [4.69, 9.17) is 0 Å². The summed E-state index contributed by atoms with van der Waals surface area (Å²) in [5.41, 5.74) is 0.914. The molecule has 0 spiro atoms. The van der Waals surface area contributed by atoms with Gasteiger partial charge in [0.1, 0.15) is 11.6 Å². The lowest BCUT2D eigenvalue weighted by molar-refractivity contribution is 0.280.